The smallest absolute Gasteiger partial charge is 0.460 e. The fraction of sp³-hybridized carbons (Fsp3) is 0.507. The second-order valence-corrected chi connectivity index (χ2v) is 30.5. The maximum atomic E-state index is 13.9. The minimum Gasteiger partial charge on any atom is -0.462 e. The third-order valence-corrected chi connectivity index (χ3v) is 20.3. The molecule has 0 aliphatic rings. The molecule has 0 unspecified atom stereocenters. The highest BCUT2D eigenvalue weighted by Gasteiger charge is 2.95. The van der Waals surface area contributed by atoms with Crippen molar-refractivity contribution in [1.82, 2.24) is 0 Å². The van der Waals surface area contributed by atoms with Crippen LogP contribution >= 0.6 is 80.0 Å². The van der Waals surface area contributed by atoms with Crippen molar-refractivity contribution in [2.75, 3.05) is 26.4 Å². The molecular formula is C69H34Cl3F61I2O8. The minimum absolute atomic E-state index is 0.117. The Labute approximate surface area is 791 Å². The Bertz CT molecular complexity index is 4850. The molecule has 0 saturated heterocycles. The van der Waals surface area contributed by atoms with Crippen LogP contribution in [0.15, 0.2) is 109 Å². The monoisotopic (exact) mass is 2510 g/mol. The lowest BCUT2D eigenvalue weighted by molar-refractivity contribution is -0.440. The van der Waals surface area contributed by atoms with E-state index in [0.717, 1.165) is 36.4 Å². The lowest BCUT2D eigenvalue weighted by atomic mass is 9.93. The molecule has 0 aromatic heterocycles. The molecule has 5 rings (SSSR count). The van der Waals surface area contributed by atoms with Gasteiger partial charge in [-0.25, -0.2) is 19.2 Å². The Kier molecular flexibility index (Phi) is 41.0. The Balaban J connectivity index is 0.00000106. The molecule has 8 nitrogen and oxygen atoms in total. The SMILES string of the molecule is FC(F)(F)c1ccc(Cl)c(I)c1.FC(F)(F)c1ccc(Cl)cc1.FC(F)(F)c1ccc(I)c(Cl)c1.O=C(OCCC(F)(F)C(F)(F)C(F)(F)C(F)(F)C(F)(F)C(F)(F)F)c1cccc(C(=O)OCCC(F)(F)C(F)(F)C(F)(F)C(F)(F)C(F)(F)C(F)(F)F)c1.O=C(OCCC(F)(F)C(F)(F)C(F)(F)C(F)(F)C(F)(F)C(F)(F)F)c1ccccc1C(=O)OCCC(F)(F)C(F)(F)C(F)(F)C(F)(F)C(F)(F)C(F)(F)F. The zero-order valence-corrected chi connectivity index (χ0v) is 72.3. The molecule has 5 aromatic carbocycles. The van der Waals surface area contributed by atoms with E-state index in [9.17, 15) is 287 Å². The summed E-state index contributed by atoms with van der Waals surface area (Å²) in [5, 5.41) is 0.770. The summed E-state index contributed by atoms with van der Waals surface area (Å²) in [6.07, 6.45) is -56.0. The van der Waals surface area contributed by atoms with E-state index in [1.54, 1.807) is 22.6 Å². The van der Waals surface area contributed by atoms with Crippen molar-refractivity contribution in [2.45, 2.75) is 187 Å². The largest absolute Gasteiger partial charge is 0.462 e. The summed E-state index contributed by atoms with van der Waals surface area (Å²) >= 11 is 20.1. The van der Waals surface area contributed by atoms with E-state index in [2.05, 4.69) is 18.9 Å². The topological polar surface area (TPSA) is 105 Å². The molecule has 0 heterocycles. The summed E-state index contributed by atoms with van der Waals surface area (Å²) in [6.45, 7) is -9.38. The molecule has 143 heavy (non-hydrogen) atoms. The summed E-state index contributed by atoms with van der Waals surface area (Å²) in [4.78, 5) is 48.3. The lowest BCUT2D eigenvalue weighted by Crippen LogP contribution is -2.70. The molecular weight excluding hydrogens is 2480 g/mol. The van der Waals surface area contributed by atoms with Crippen molar-refractivity contribution < 1.29 is 306 Å². The molecule has 0 aliphatic heterocycles. The molecule has 0 N–H and O–H groups in total. The van der Waals surface area contributed by atoms with E-state index in [1.165, 1.54) is 24.3 Å². The van der Waals surface area contributed by atoms with Crippen LogP contribution in [0.3, 0.4) is 0 Å². The quantitative estimate of drug-likeness (QED) is 0.0181. The number of carbonyl (C=O) groups excluding carboxylic acids is 4. The average Bonchev–Trinajstić information content (AvgIpc) is 0.722. The van der Waals surface area contributed by atoms with E-state index < -0.39 is 277 Å². The lowest BCUT2D eigenvalue weighted by Gasteiger charge is -2.39. The van der Waals surface area contributed by atoms with Crippen LogP contribution in [-0.4, -0.2) is 193 Å². The molecule has 0 amide bonds. The summed E-state index contributed by atoms with van der Waals surface area (Å²) in [5.41, 5.74) is -7.25. The van der Waals surface area contributed by atoms with Gasteiger partial charge in [0.2, 0.25) is 0 Å². The van der Waals surface area contributed by atoms with Crippen LogP contribution in [0.25, 0.3) is 0 Å². The van der Waals surface area contributed by atoms with E-state index in [4.69, 9.17) is 34.8 Å². The summed E-state index contributed by atoms with van der Waals surface area (Å²) in [5.74, 6) is -165. The maximum Gasteiger partial charge on any atom is 0.460 e. The first-order chi connectivity index (χ1) is 62.8. The van der Waals surface area contributed by atoms with E-state index in [-0.39, 0.29) is 11.1 Å². The fourth-order valence-electron chi connectivity index (χ4n) is 8.84. The van der Waals surface area contributed by atoms with Crippen molar-refractivity contribution in [2.24, 2.45) is 0 Å². The standard InChI is InChI=1S/2C24H12F26O4.2C7H3ClF3I.C7H4ClF3/c25-13(26,15(29,30)17(33,34)19(37,38)21(41,42)23(45,46)47)4-6-53-11(51)9-2-1-3-10(8-9)12(52)54-7-5-14(27,28)16(31,32)18(35,36)20(39,40)22(43,44)24(48,49)50;25-13(26,15(29,30)17(33,34)19(37,38)21(41,42)23(45,46)47)5-7-53-11(51)9-3-1-2-4-10(9)12(52)54-8-6-14(27,28)16(31,32)18(35,36)20(39,40)22(43,44)24(48,49)50;8-5-3-4(7(9,10)11)1-2-6(5)12;8-5-2-1-4(3-6(5)12)7(9,10)11;8-6-3-1-5(2-4-6)7(9,10)11/h1-3,8H,4-7H2;1-4H,5-8H2;2*1-3H;1-4H. The third-order valence-electron chi connectivity index (χ3n) is 17.0. The van der Waals surface area contributed by atoms with E-state index >= 15 is 0 Å². The van der Waals surface area contributed by atoms with Gasteiger partial charge in [-0.15, -0.1) is 0 Å². The van der Waals surface area contributed by atoms with Crippen molar-refractivity contribution in [3.05, 3.63) is 170 Å². The highest BCUT2D eigenvalue weighted by molar-refractivity contribution is 14.1. The van der Waals surface area contributed by atoms with Gasteiger partial charge in [0.05, 0.1) is 101 Å². The van der Waals surface area contributed by atoms with E-state index in [0.29, 0.717) is 59.7 Å². The van der Waals surface area contributed by atoms with Gasteiger partial charge >= 0.3 is 186 Å². The van der Waals surface area contributed by atoms with E-state index in [1.807, 2.05) is 22.6 Å². The van der Waals surface area contributed by atoms with Crippen LogP contribution in [-0.2, 0) is 37.5 Å². The molecule has 0 spiro atoms. The number of halogens is 66. The molecule has 74 heteroatoms. The van der Waals surface area contributed by atoms with Gasteiger partial charge < -0.3 is 18.9 Å². The number of rotatable bonds is 32. The second kappa shape index (κ2) is 44.1. The molecule has 820 valence electrons. The van der Waals surface area contributed by atoms with Crippen LogP contribution in [0.1, 0.15) is 83.8 Å². The maximum absolute atomic E-state index is 13.9. The minimum atomic E-state index is -8.27. The van der Waals surface area contributed by atoms with Crippen molar-refractivity contribution >= 4 is 104 Å². The van der Waals surface area contributed by atoms with Gasteiger partial charge in [-0.1, -0.05) is 53.0 Å². The molecule has 0 radical (unpaired) electrons. The Hall–Kier alpha value is -7.96. The summed E-state index contributed by atoms with van der Waals surface area (Å²) in [7, 11) is 0. The molecule has 0 fully saturated rings. The number of esters is 4. The van der Waals surface area contributed by atoms with Crippen LogP contribution in [0.2, 0.25) is 15.1 Å². The van der Waals surface area contributed by atoms with Crippen molar-refractivity contribution in [3.8, 4) is 0 Å². The zero-order chi connectivity index (χ0) is 114. The molecule has 0 aliphatic carbocycles. The highest BCUT2D eigenvalue weighted by atomic mass is 127. The third kappa shape index (κ3) is 27.6. The normalized spacial score (nSPS) is 14.4. The first kappa shape index (κ1) is 133. The van der Waals surface area contributed by atoms with Crippen molar-refractivity contribution in [1.29, 1.82) is 0 Å². The average molecular weight is 2510 g/mol. The van der Waals surface area contributed by atoms with Gasteiger partial charge in [0.25, 0.3) is 0 Å². The number of ether oxygens (including phenoxy) is 4. The van der Waals surface area contributed by atoms with Gasteiger partial charge in [-0.2, -0.15) is 268 Å². The predicted molar refractivity (Wildman–Crippen MR) is 370 cm³/mol. The van der Waals surface area contributed by atoms with Crippen LogP contribution in [0.5, 0.6) is 0 Å². The van der Waals surface area contributed by atoms with Crippen molar-refractivity contribution in [3.63, 3.8) is 0 Å². The Morgan fingerprint density at radius 2 is 0.434 bits per heavy atom. The molecule has 0 atom stereocenters. The van der Waals surface area contributed by atoms with Crippen LogP contribution < -0.4 is 0 Å². The van der Waals surface area contributed by atoms with Crippen LogP contribution in [0, 0.1) is 7.14 Å². The van der Waals surface area contributed by atoms with Crippen LogP contribution in [0.4, 0.5) is 268 Å². The molecule has 5 aromatic rings. The van der Waals surface area contributed by atoms with Gasteiger partial charge in [-0.3, -0.25) is 0 Å². The predicted octanol–water partition coefficient (Wildman–Crippen LogP) is 31.8. The first-order valence-corrected chi connectivity index (χ1v) is 37.7. The number of hydrogen-bond acceptors (Lipinski definition) is 8. The van der Waals surface area contributed by atoms with Gasteiger partial charge in [0.15, 0.2) is 0 Å². The number of carbonyl (C=O) groups is 4. The second-order valence-electron chi connectivity index (χ2n) is 26.9. The number of hydrogen-bond donors (Lipinski definition) is 0. The number of benzene rings is 5. The highest BCUT2D eigenvalue weighted by Crippen LogP contribution is 2.66. The Morgan fingerprint density at radius 1 is 0.217 bits per heavy atom. The zero-order valence-electron chi connectivity index (χ0n) is 65.8. The fourth-order valence-corrected chi connectivity index (χ4v) is 10.1. The van der Waals surface area contributed by atoms with Gasteiger partial charge in [0, 0.05) is 12.2 Å². The van der Waals surface area contributed by atoms with Gasteiger partial charge in [0.1, 0.15) is 0 Å². The van der Waals surface area contributed by atoms with Gasteiger partial charge in [-0.05, 0) is 136 Å². The Morgan fingerprint density at radius 3 is 0.657 bits per heavy atom. The summed E-state index contributed by atoms with van der Waals surface area (Å²) in [6, 6.07) is 14.2. The molecule has 0 bridgehead atoms. The first-order valence-electron chi connectivity index (χ1n) is 34.4. The molecule has 0 saturated carbocycles. The summed E-state index contributed by atoms with van der Waals surface area (Å²) < 4.78 is 809. The number of alkyl halides is 61.